The van der Waals surface area contributed by atoms with Crippen molar-refractivity contribution >= 4 is 35.1 Å². The minimum atomic E-state index is -0.961. The summed E-state index contributed by atoms with van der Waals surface area (Å²) in [5, 5.41) is 2.25. The summed E-state index contributed by atoms with van der Waals surface area (Å²) in [4.78, 5) is 73.9. The monoisotopic (exact) mass is 725 g/mol. The first-order valence-electron chi connectivity index (χ1n) is 19.1. The van der Waals surface area contributed by atoms with E-state index in [1.165, 1.54) is 29.2 Å². The number of ketones is 1. The smallest absolute Gasteiger partial charge is 0.262 e. The zero-order valence-electron chi connectivity index (χ0n) is 31.3. The minimum absolute atomic E-state index is 0.101. The number of nitrogens with one attached hydrogen (secondary N) is 1. The van der Waals surface area contributed by atoms with E-state index < -0.39 is 23.8 Å². The number of hydrogen-bond donors (Lipinski definition) is 1. The molecule has 4 heterocycles. The van der Waals surface area contributed by atoms with Gasteiger partial charge < -0.3 is 4.90 Å². The number of benzene rings is 2. The van der Waals surface area contributed by atoms with Crippen LogP contribution in [0.2, 0.25) is 0 Å². The van der Waals surface area contributed by atoms with Crippen LogP contribution in [0.3, 0.4) is 0 Å². The molecule has 2 fully saturated rings. The molecule has 4 amide bonds. The fourth-order valence-electron chi connectivity index (χ4n) is 8.06. The van der Waals surface area contributed by atoms with E-state index in [9.17, 15) is 24.0 Å². The molecular formula is C44H47N5O5. The number of carbonyl (C=O) groups excluding carboxylic acids is 5. The van der Waals surface area contributed by atoms with Crippen molar-refractivity contribution in [3.63, 3.8) is 0 Å². The summed E-state index contributed by atoms with van der Waals surface area (Å²) in [7, 11) is 0. The number of allylic oxidation sites excluding steroid dienone is 6. The van der Waals surface area contributed by atoms with Gasteiger partial charge in [0, 0.05) is 49.4 Å². The van der Waals surface area contributed by atoms with Gasteiger partial charge in [0.1, 0.15) is 6.04 Å². The Kier molecular flexibility index (Phi) is 10.5. The lowest BCUT2D eigenvalue weighted by Gasteiger charge is -2.34. The van der Waals surface area contributed by atoms with Gasteiger partial charge in [-0.3, -0.25) is 34.2 Å². The van der Waals surface area contributed by atoms with Crippen LogP contribution in [-0.2, 0) is 27.8 Å². The van der Waals surface area contributed by atoms with E-state index in [2.05, 4.69) is 82.6 Å². The molecule has 278 valence electrons. The predicted molar refractivity (Wildman–Crippen MR) is 206 cm³/mol. The number of imide groups is 2. The van der Waals surface area contributed by atoms with Gasteiger partial charge >= 0.3 is 0 Å². The summed E-state index contributed by atoms with van der Waals surface area (Å²) in [6.07, 6.45) is 17.8. The lowest BCUT2D eigenvalue weighted by Crippen LogP contribution is -2.54. The average molecular weight is 726 g/mol. The molecule has 0 bridgehead atoms. The SMILES string of the molecule is CC(=O)c1nccc(CCc2ccc(C(C)(C)C3=CC=C(CCC4CCN(c5ccc6c(c5)C(=O)N(C5CCC(=O)NC5=O)C6=O)CC4)C=CC3)cc2)n1. The third kappa shape index (κ3) is 7.74. The first-order valence-corrected chi connectivity index (χ1v) is 19.1. The minimum Gasteiger partial charge on any atom is -0.371 e. The summed E-state index contributed by atoms with van der Waals surface area (Å²) >= 11 is 0. The molecule has 54 heavy (non-hydrogen) atoms. The van der Waals surface area contributed by atoms with Crippen molar-refractivity contribution in [3.8, 4) is 0 Å². The van der Waals surface area contributed by atoms with E-state index in [4.69, 9.17) is 0 Å². The number of hydrogen-bond acceptors (Lipinski definition) is 8. The Morgan fingerprint density at radius 3 is 2.39 bits per heavy atom. The zero-order valence-corrected chi connectivity index (χ0v) is 31.3. The molecule has 2 aromatic carbocycles. The summed E-state index contributed by atoms with van der Waals surface area (Å²) in [5.74, 6) is -1.18. The second-order valence-corrected chi connectivity index (χ2v) is 15.4. The van der Waals surface area contributed by atoms with Gasteiger partial charge in [0.25, 0.3) is 11.8 Å². The molecule has 10 heteroatoms. The van der Waals surface area contributed by atoms with Crippen molar-refractivity contribution in [2.45, 2.75) is 90.0 Å². The van der Waals surface area contributed by atoms with Crippen molar-refractivity contribution in [3.05, 3.63) is 124 Å². The quantitative estimate of drug-likeness (QED) is 0.172. The average Bonchev–Trinajstić information content (AvgIpc) is 3.30. The normalized spacial score (nSPS) is 19.4. The van der Waals surface area contributed by atoms with Gasteiger partial charge in [-0.05, 0) is 98.2 Å². The van der Waals surface area contributed by atoms with Crippen LogP contribution in [0.5, 0.6) is 0 Å². The molecule has 2 saturated heterocycles. The van der Waals surface area contributed by atoms with Gasteiger partial charge in [0.05, 0.1) is 11.1 Å². The Morgan fingerprint density at radius 1 is 0.889 bits per heavy atom. The Bertz CT molecular complexity index is 2090. The Labute approximate surface area is 316 Å². The highest BCUT2D eigenvalue weighted by Crippen LogP contribution is 2.37. The van der Waals surface area contributed by atoms with Gasteiger partial charge in [-0.25, -0.2) is 9.97 Å². The van der Waals surface area contributed by atoms with Gasteiger partial charge in [0.15, 0.2) is 11.6 Å². The number of carbonyl (C=O) groups is 5. The summed E-state index contributed by atoms with van der Waals surface area (Å²) in [5.41, 5.74) is 7.53. The van der Waals surface area contributed by atoms with E-state index in [0.29, 0.717) is 17.0 Å². The second kappa shape index (κ2) is 15.5. The highest BCUT2D eigenvalue weighted by molar-refractivity contribution is 6.23. The van der Waals surface area contributed by atoms with Crippen molar-refractivity contribution in [1.82, 2.24) is 20.2 Å². The van der Waals surface area contributed by atoms with Gasteiger partial charge in [-0.1, -0.05) is 68.0 Å². The molecule has 1 aromatic heterocycles. The van der Waals surface area contributed by atoms with Crippen molar-refractivity contribution in [1.29, 1.82) is 0 Å². The molecule has 4 aliphatic rings. The number of amides is 4. The fraction of sp³-hybridized carbons (Fsp3) is 0.386. The molecule has 0 spiro atoms. The van der Waals surface area contributed by atoms with E-state index in [0.717, 1.165) is 74.3 Å². The van der Waals surface area contributed by atoms with Crippen LogP contribution in [0.4, 0.5) is 5.69 Å². The standard InChI is InChI=1S/C44H47N5O5/c1-28(50)40-45-24-21-34(46-40)16-12-30-10-14-33(15-11-30)44(2,3)32-6-4-5-29(9-13-32)7-8-31-22-25-48(26-23-31)35-17-18-36-37(27-35)43(54)49(42(36)53)38-19-20-39(51)47-41(38)52/h4-5,9-11,13-15,17-18,21,24,27,31,38H,6-8,12,16,19-20,22-23,25-26H2,1-3H3,(H,47,51,52). The maximum absolute atomic E-state index is 13.3. The molecule has 3 aromatic rings. The van der Waals surface area contributed by atoms with Crippen LogP contribution >= 0.6 is 0 Å². The van der Waals surface area contributed by atoms with Gasteiger partial charge in [0.2, 0.25) is 11.8 Å². The highest BCUT2D eigenvalue weighted by Gasteiger charge is 2.44. The molecule has 0 radical (unpaired) electrons. The Hall–Kier alpha value is -5.51. The van der Waals surface area contributed by atoms with Crippen LogP contribution in [0.25, 0.3) is 0 Å². The Morgan fingerprint density at radius 2 is 1.65 bits per heavy atom. The van der Waals surface area contributed by atoms with Crippen molar-refractivity contribution in [2.75, 3.05) is 18.0 Å². The topological polar surface area (TPSA) is 130 Å². The third-order valence-corrected chi connectivity index (χ3v) is 11.6. The number of aryl methyl sites for hydroxylation is 2. The first-order chi connectivity index (χ1) is 26.0. The highest BCUT2D eigenvalue weighted by atomic mass is 16.2. The molecule has 0 saturated carbocycles. The lowest BCUT2D eigenvalue weighted by atomic mass is 9.76. The molecular weight excluding hydrogens is 679 g/mol. The molecule has 1 aliphatic carbocycles. The second-order valence-electron chi connectivity index (χ2n) is 15.4. The molecule has 1 N–H and O–H groups in total. The molecule has 7 rings (SSSR count). The van der Waals surface area contributed by atoms with E-state index in [1.54, 1.807) is 18.3 Å². The van der Waals surface area contributed by atoms with Crippen LogP contribution in [0, 0.1) is 5.92 Å². The van der Waals surface area contributed by atoms with Crippen LogP contribution in [0.1, 0.15) is 114 Å². The zero-order chi connectivity index (χ0) is 38.0. The molecule has 1 atom stereocenters. The summed E-state index contributed by atoms with van der Waals surface area (Å²) in [6.45, 7) is 7.82. The Balaban J connectivity index is 0.907. The van der Waals surface area contributed by atoms with Crippen LogP contribution in [0.15, 0.2) is 90.2 Å². The summed E-state index contributed by atoms with van der Waals surface area (Å²) in [6, 6.07) is 15.2. The maximum Gasteiger partial charge on any atom is 0.262 e. The predicted octanol–water partition coefficient (Wildman–Crippen LogP) is 6.65. The van der Waals surface area contributed by atoms with Gasteiger partial charge in [-0.2, -0.15) is 0 Å². The number of fused-ring (bicyclic) bond motifs is 1. The number of anilines is 1. The maximum atomic E-state index is 13.3. The molecule has 10 nitrogen and oxygen atoms in total. The van der Waals surface area contributed by atoms with E-state index in [-0.39, 0.29) is 35.8 Å². The largest absolute Gasteiger partial charge is 0.371 e. The lowest BCUT2D eigenvalue weighted by molar-refractivity contribution is -0.136. The number of piperidine rings is 2. The van der Waals surface area contributed by atoms with E-state index >= 15 is 0 Å². The van der Waals surface area contributed by atoms with Crippen molar-refractivity contribution in [2.24, 2.45) is 5.92 Å². The van der Waals surface area contributed by atoms with Crippen molar-refractivity contribution < 1.29 is 24.0 Å². The number of aromatic nitrogens is 2. The van der Waals surface area contributed by atoms with Crippen LogP contribution < -0.4 is 10.2 Å². The van der Waals surface area contributed by atoms with Crippen LogP contribution in [-0.4, -0.2) is 63.4 Å². The molecule has 3 aliphatic heterocycles. The summed E-state index contributed by atoms with van der Waals surface area (Å²) < 4.78 is 0. The number of rotatable bonds is 11. The number of Topliss-reactive ketones (excluding diaryl/α,β-unsaturated/α-hetero) is 1. The van der Waals surface area contributed by atoms with E-state index in [1.807, 2.05) is 12.1 Å². The fourth-order valence-corrected chi connectivity index (χ4v) is 8.06. The van der Waals surface area contributed by atoms with Gasteiger partial charge in [-0.15, -0.1) is 0 Å². The number of nitrogens with zero attached hydrogens (tertiary/aromatic N) is 4. The third-order valence-electron chi connectivity index (χ3n) is 11.6. The molecule has 1 unspecified atom stereocenters. The first kappa shape index (κ1) is 36.8.